The maximum absolute atomic E-state index is 12.7. The second-order valence-electron chi connectivity index (χ2n) is 10.2. The van der Waals surface area contributed by atoms with Gasteiger partial charge in [0.2, 0.25) is 0 Å². The van der Waals surface area contributed by atoms with Crippen LogP contribution in [0, 0.1) is 0 Å². The Hall–Kier alpha value is -2.84. The molecule has 0 aromatic heterocycles. The maximum atomic E-state index is 12.7. The summed E-state index contributed by atoms with van der Waals surface area (Å²) in [4.78, 5) is 26.8. The summed E-state index contributed by atoms with van der Waals surface area (Å²) in [6.45, 7) is 11.7. The fourth-order valence-electron chi connectivity index (χ4n) is 3.83. The molecule has 9 heteroatoms. The molecule has 1 saturated heterocycles. The first-order valence-corrected chi connectivity index (χ1v) is 10.6. The van der Waals surface area contributed by atoms with Gasteiger partial charge in [-0.3, -0.25) is 0 Å². The van der Waals surface area contributed by atoms with E-state index in [0.717, 1.165) is 5.69 Å². The van der Waals surface area contributed by atoms with E-state index in [-0.39, 0.29) is 18.0 Å². The van der Waals surface area contributed by atoms with Gasteiger partial charge in [-0.15, -0.1) is 0 Å². The van der Waals surface area contributed by atoms with Crippen molar-refractivity contribution in [2.75, 3.05) is 23.7 Å². The summed E-state index contributed by atoms with van der Waals surface area (Å²) in [5.41, 5.74) is -0.613. The monoisotopic (exact) mass is 434 g/mol. The number of nitrogens with one attached hydrogen (secondary N) is 3. The van der Waals surface area contributed by atoms with Gasteiger partial charge in [0.1, 0.15) is 28.8 Å². The van der Waals surface area contributed by atoms with Crippen LogP contribution < -0.4 is 16.0 Å². The minimum atomic E-state index is -0.744. The molecule has 3 rings (SSSR count). The number of carbonyl (C=O) groups excluding carboxylic acids is 2. The number of piperidine rings is 1. The van der Waals surface area contributed by atoms with Gasteiger partial charge in [0, 0.05) is 13.1 Å². The third-order valence-corrected chi connectivity index (χ3v) is 5.24. The number of amides is 2. The number of anilines is 2. The van der Waals surface area contributed by atoms with Crippen molar-refractivity contribution in [3.8, 4) is 5.75 Å². The molecule has 0 saturated carbocycles. The van der Waals surface area contributed by atoms with Crippen LogP contribution in [0.1, 0.15) is 54.4 Å². The van der Waals surface area contributed by atoms with E-state index in [9.17, 15) is 14.7 Å². The predicted octanol–water partition coefficient (Wildman–Crippen LogP) is 3.85. The Labute approximate surface area is 183 Å². The van der Waals surface area contributed by atoms with E-state index in [1.54, 1.807) is 17.0 Å². The van der Waals surface area contributed by atoms with Gasteiger partial charge in [-0.1, -0.05) is 6.07 Å². The van der Waals surface area contributed by atoms with Crippen LogP contribution in [0.2, 0.25) is 0 Å². The predicted molar refractivity (Wildman–Crippen MR) is 118 cm³/mol. The Bertz CT molecular complexity index is 835. The molecule has 0 bridgehead atoms. The summed E-state index contributed by atoms with van der Waals surface area (Å²) in [6, 6.07) is 5.22. The van der Waals surface area contributed by atoms with E-state index < -0.39 is 22.8 Å². The van der Waals surface area contributed by atoms with Crippen molar-refractivity contribution >= 4 is 23.6 Å². The van der Waals surface area contributed by atoms with Crippen LogP contribution in [0.3, 0.4) is 0 Å². The molecular formula is C22H34N4O5. The molecule has 1 aromatic carbocycles. The number of phenols is 1. The van der Waals surface area contributed by atoms with Gasteiger partial charge in [0.15, 0.2) is 0 Å². The number of rotatable bonds is 2. The van der Waals surface area contributed by atoms with Gasteiger partial charge < -0.3 is 35.4 Å². The van der Waals surface area contributed by atoms with Gasteiger partial charge >= 0.3 is 12.2 Å². The van der Waals surface area contributed by atoms with E-state index in [1.807, 2.05) is 47.6 Å². The normalized spacial score (nSPS) is 20.2. The Balaban J connectivity index is 1.78. The molecular weight excluding hydrogens is 400 g/mol. The number of para-hydroxylation sites is 1. The highest BCUT2D eigenvalue weighted by Crippen LogP contribution is 2.41. The summed E-state index contributed by atoms with van der Waals surface area (Å²) in [5, 5.41) is 19.9. The molecule has 1 aromatic rings. The van der Waals surface area contributed by atoms with Crippen molar-refractivity contribution in [3.63, 3.8) is 0 Å². The van der Waals surface area contributed by atoms with Crippen LogP contribution in [-0.4, -0.2) is 58.2 Å². The zero-order chi connectivity index (χ0) is 23.0. The molecule has 31 heavy (non-hydrogen) atoms. The molecule has 1 fully saturated rings. The minimum absolute atomic E-state index is 0.131. The average molecular weight is 435 g/mol. The zero-order valence-electron chi connectivity index (χ0n) is 19.2. The first-order chi connectivity index (χ1) is 14.3. The number of phenolic OH excluding ortho intramolecular Hbond substituents is 1. The molecule has 2 aliphatic rings. The highest BCUT2D eigenvalue weighted by molar-refractivity contribution is 5.81. The second-order valence-corrected chi connectivity index (χ2v) is 10.2. The maximum Gasteiger partial charge on any atom is 0.410 e. The van der Waals surface area contributed by atoms with Crippen molar-refractivity contribution in [2.45, 2.75) is 77.3 Å². The molecule has 1 atom stereocenters. The molecule has 1 unspecified atom stereocenters. The topological polar surface area (TPSA) is 112 Å². The Morgan fingerprint density at radius 2 is 1.68 bits per heavy atom. The summed E-state index contributed by atoms with van der Waals surface area (Å²) < 4.78 is 11.0. The van der Waals surface area contributed by atoms with Crippen molar-refractivity contribution < 1.29 is 24.2 Å². The largest absolute Gasteiger partial charge is 0.506 e. The van der Waals surface area contributed by atoms with E-state index in [0.29, 0.717) is 31.6 Å². The summed E-state index contributed by atoms with van der Waals surface area (Å²) in [7, 11) is 0. The molecule has 0 radical (unpaired) electrons. The van der Waals surface area contributed by atoms with Crippen LogP contribution in [0.15, 0.2) is 18.2 Å². The zero-order valence-corrected chi connectivity index (χ0v) is 19.2. The fraction of sp³-hybridized carbons (Fsp3) is 0.636. The van der Waals surface area contributed by atoms with Gasteiger partial charge in [0.05, 0.1) is 11.2 Å². The number of nitrogens with zero attached hydrogens (tertiary/aromatic N) is 1. The molecule has 0 spiro atoms. The lowest BCUT2D eigenvalue weighted by Gasteiger charge is -2.45. The number of hydrogen-bond acceptors (Lipinski definition) is 7. The first kappa shape index (κ1) is 22.8. The number of likely N-dealkylation sites (tertiary alicyclic amines) is 1. The number of hydrogen-bond donors (Lipinski definition) is 4. The molecule has 2 aliphatic heterocycles. The lowest BCUT2D eigenvalue weighted by Crippen LogP contribution is -2.65. The van der Waals surface area contributed by atoms with Crippen LogP contribution in [-0.2, 0) is 9.47 Å². The van der Waals surface area contributed by atoms with Crippen LogP contribution in [0.4, 0.5) is 21.0 Å². The average Bonchev–Trinajstić information content (AvgIpc) is 3.05. The number of fused-ring (bicyclic) bond motifs is 1. The number of aromatic hydroxyl groups is 1. The van der Waals surface area contributed by atoms with Gasteiger partial charge in [0.25, 0.3) is 0 Å². The van der Waals surface area contributed by atoms with Crippen LogP contribution >= 0.6 is 0 Å². The molecule has 2 heterocycles. The van der Waals surface area contributed by atoms with Crippen LogP contribution in [0.5, 0.6) is 5.75 Å². The summed E-state index contributed by atoms with van der Waals surface area (Å²) >= 11 is 0. The highest BCUT2D eigenvalue weighted by Gasteiger charge is 2.47. The number of ether oxygens (including phenoxy) is 2. The Morgan fingerprint density at radius 3 is 2.23 bits per heavy atom. The number of benzene rings is 1. The number of alkyl carbamates (subject to hydrolysis) is 1. The molecule has 9 nitrogen and oxygen atoms in total. The standard InChI is InChI=1S/C22H34N4O5/c1-20(2,3)30-18(28)25-22(17-23-14-8-7-9-15(27)16(14)24-17)10-12-26(13-11-22)19(29)31-21(4,5)6/h7-9,17,23-24,27H,10-13H2,1-6H3,(H,25,28). The lowest BCUT2D eigenvalue weighted by atomic mass is 9.84. The summed E-state index contributed by atoms with van der Waals surface area (Å²) in [5.74, 6) is 0.131. The lowest BCUT2D eigenvalue weighted by molar-refractivity contribution is 0.0110. The third-order valence-electron chi connectivity index (χ3n) is 5.24. The second kappa shape index (κ2) is 8.01. The quantitative estimate of drug-likeness (QED) is 0.523. The van der Waals surface area contributed by atoms with Crippen molar-refractivity contribution in [3.05, 3.63) is 18.2 Å². The molecule has 172 valence electrons. The van der Waals surface area contributed by atoms with Gasteiger partial charge in [-0.25, -0.2) is 9.59 Å². The fourth-order valence-corrected chi connectivity index (χ4v) is 3.83. The van der Waals surface area contributed by atoms with Crippen LogP contribution in [0.25, 0.3) is 0 Å². The highest BCUT2D eigenvalue weighted by atomic mass is 16.6. The Morgan fingerprint density at radius 1 is 1.06 bits per heavy atom. The first-order valence-electron chi connectivity index (χ1n) is 10.6. The SMILES string of the molecule is CC(C)(C)OC(=O)NC1(C2Nc3cccc(O)c3N2)CCN(C(=O)OC(C)(C)C)CC1. The van der Waals surface area contributed by atoms with Crippen molar-refractivity contribution in [1.82, 2.24) is 10.2 Å². The molecule has 4 N–H and O–H groups in total. The van der Waals surface area contributed by atoms with Gasteiger partial charge in [-0.05, 0) is 66.5 Å². The third kappa shape index (κ3) is 5.45. The van der Waals surface area contributed by atoms with E-state index in [2.05, 4.69) is 16.0 Å². The van der Waals surface area contributed by atoms with E-state index in [4.69, 9.17) is 9.47 Å². The van der Waals surface area contributed by atoms with E-state index in [1.165, 1.54) is 0 Å². The Kier molecular flexibility index (Phi) is 5.90. The minimum Gasteiger partial charge on any atom is -0.506 e. The molecule has 2 amide bonds. The van der Waals surface area contributed by atoms with Crippen molar-refractivity contribution in [2.24, 2.45) is 0 Å². The van der Waals surface area contributed by atoms with Gasteiger partial charge in [-0.2, -0.15) is 0 Å². The molecule has 0 aliphatic carbocycles. The number of carbonyl (C=O) groups is 2. The summed E-state index contributed by atoms with van der Waals surface area (Å²) in [6.07, 6.45) is -0.326. The van der Waals surface area contributed by atoms with E-state index >= 15 is 0 Å². The smallest absolute Gasteiger partial charge is 0.410 e. The van der Waals surface area contributed by atoms with Crippen molar-refractivity contribution in [1.29, 1.82) is 0 Å².